The van der Waals surface area contributed by atoms with Crippen LogP contribution in [0.2, 0.25) is 0 Å². The minimum Gasteiger partial charge on any atom is -0.379 e. The van der Waals surface area contributed by atoms with E-state index >= 15 is 0 Å². The summed E-state index contributed by atoms with van der Waals surface area (Å²) in [7, 11) is -3.54. The fourth-order valence-corrected chi connectivity index (χ4v) is 4.07. The van der Waals surface area contributed by atoms with Gasteiger partial charge in [-0.25, -0.2) is 13.4 Å². The van der Waals surface area contributed by atoms with Gasteiger partial charge in [-0.3, -0.25) is 0 Å². The lowest BCUT2D eigenvalue weighted by molar-refractivity contribution is 0.0730. The molecule has 0 saturated carbocycles. The minimum absolute atomic E-state index is 0.253. The van der Waals surface area contributed by atoms with Crippen molar-refractivity contribution in [1.29, 1.82) is 0 Å². The Morgan fingerprint density at radius 2 is 2.04 bits per heavy atom. The van der Waals surface area contributed by atoms with E-state index in [1.54, 1.807) is 24.4 Å². The summed E-state index contributed by atoms with van der Waals surface area (Å²) >= 11 is 0. The van der Waals surface area contributed by atoms with Crippen LogP contribution in [0.4, 0.5) is 17.5 Å². The number of nitrogens with zero attached hydrogens (tertiary/aromatic N) is 3. The number of anilines is 3. The van der Waals surface area contributed by atoms with E-state index in [1.165, 1.54) is 4.31 Å². The fraction of sp³-hybridized carbons (Fsp3) is 0.412. The molecule has 0 radical (unpaired) electrons. The molecule has 140 valence electrons. The summed E-state index contributed by atoms with van der Waals surface area (Å²) in [5.74, 6) is 1.16. The van der Waals surface area contributed by atoms with Crippen molar-refractivity contribution in [1.82, 2.24) is 14.3 Å². The highest BCUT2D eigenvalue weighted by molar-refractivity contribution is 7.89. The van der Waals surface area contributed by atoms with Crippen LogP contribution in [0.1, 0.15) is 12.5 Å². The van der Waals surface area contributed by atoms with E-state index < -0.39 is 10.0 Å². The van der Waals surface area contributed by atoms with Gasteiger partial charge in [0.1, 0.15) is 5.82 Å². The van der Waals surface area contributed by atoms with Crippen LogP contribution in [0.5, 0.6) is 0 Å². The van der Waals surface area contributed by atoms with Gasteiger partial charge in [-0.05, 0) is 32.0 Å². The van der Waals surface area contributed by atoms with E-state index in [4.69, 9.17) is 4.74 Å². The lowest BCUT2D eigenvalue weighted by Crippen LogP contribution is -2.40. The summed E-state index contributed by atoms with van der Waals surface area (Å²) in [6, 6.07) is 6.76. The second-order valence-corrected chi connectivity index (χ2v) is 7.86. The number of benzene rings is 1. The first-order valence-electron chi connectivity index (χ1n) is 8.53. The number of hydrogen-bond donors (Lipinski definition) is 2. The Balaban J connectivity index is 1.85. The highest BCUT2D eigenvalue weighted by atomic mass is 32.2. The van der Waals surface area contributed by atoms with Crippen LogP contribution in [0.25, 0.3) is 0 Å². The third-order valence-corrected chi connectivity index (χ3v) is 5.91. The summed E-state index contributed by atoms with van der Waals surface area (Å²) in [6.45, 7) is 6.17. The van der Waals surface area contributed by atoms with Crippen LogP contribution in [-0.4, -0.2) is 55.5 Å². The van der Waals surface area contributed by atoms with Crippen molar-refractivity contribution in [2.45, 2.75) is 18.7 Å². The Morgan fingerprint density at radius 1 is 1.27 bits per heavy atom. The molecule has 0 spiro atoms. The van der Waals surface area contributed by atoms with Crippen molar-refractivity contribution in [3.05, 3.63) is 36.0 Å². The van der Waals surface area contributed by atoms with Crippen molar-refractivity contribution >= 4 is 27.5 Å². The highest BCUT2D eigenvalue weighted by Crippen LogP contribution is 2.24. The molecular weight excluding hydrogens is 354 g/mol. The van der Waals surface area contributed by atoms with Crippen LogP contribution in [0.3, 0.4) is 0 Å². The molecule has 1 saturated heterocycles. The molecular formula is C17H23N5O3S. The zero-order valence-corrected chi connectivity index (χ0v) is 15.7. The zero-order valence-electron chi connectivity index (χ0n) is 14.9. The van der Waals surface area contributed by atoms with Gasteiger partial charge in [0.25, 0.3) is 0 Å². The SMILES string of the molecule is CCNc1ncc(C)c(Nc2cccc(S(=O)(=O)N3CCOCC3)c2)n1. The first kappa shape index (κ1) is 18.6. The maximum atomic E-state index is 12.8. The van der Waals surface area contributed by atoms with E-state index in [-0.39, 0.29) is 4.90 Å². The van der Waals surface area contributed by atoms with E-state index in [0.29, 0.717) is 43.8 Å². The van der Waals surface area contributed by atoms with E-state index in [1.807, 2.05) is 19.9 Å². The number of nitrogens with one attached hydrogen (secondary N) is 2. The van der Waals surface area contributed by atoms with Gasteiger partial charge in [-0.2, -0.15) is 9.29 Å². The summed E-state index contributed by atoms with van der Waals surface area (Å²) in [4.78, 5) is 8.89. The Morgan fingerprint density at radius 3 is 2.77 bits per heavy atom. The van der Waals surface area contributed by atoms with Crippen molar-refractivity contribution in [3.63, 3.8) is 0 Å². The standard InChI is InChI=1S/C17H23N5O3S/c1-3-18-17-19-12-13(2)16(21-17)20-14-5-4-6-15(11-14)26(23,24)22-7-9-25-10-8-22/h4-6,11-12H,3,7-10H2,1-2H3,(H2,18,19,20,21). The van der Waals surface area contributed by atoms with Crippen molar-refractivity contribution in [2.24, 2.45) is 0 Å². The van der Waals surface area contributed by atoms with Gasteiger partial charge >= 0.3 is 0 Å². The maximum absolute atomic E-state index is 12.8. The molecule has 0 amide bonds. The summed E-state index contributed by atoms with van der Waals surface area (Å²) in [5, 5.41) is 6.25. The third-order valence-electron chi connectivity index (χ3n) is 4.01. The second kappa shape index (κ2) is 7.98. The van der Waals surface area contributed by atoms with E-state index in [0.717, 1.165) is 12.1 Å². The van der Waals surface area contributed by atoms with Crippen LogP contribution in [0.15, 0.2) is 35.4 Å². The minimum atomic E-state index is -3.54. The van der Waals surface area contributed by atoms with Crippen molar-refractivity contribution in [3.8, 4) is 0 Å². The summed E-state index contributed by atoms with van der Waals surface area (Å²) in [6.07, 6.45) is 1.72. The molecule has 8 nitrogen and oxygen atoms in total. The first-order valence-corrected chi connectivity index (χ1v) is 9.97. The van der Waals surface area contributed by atoms with Gasteiger partial charge in [0.15, 0.2) is 0 Å². The van der Waals surface area contributed by atoms with Crippen LogP contribution in [0, 0.1) is 6.92 Å². The number of ether oxygens (including phenoxy) is 1. The van der Waals surface area contributed by atoms with E-state index in [2.05, 4.69) is 20.6 Å². The van der Waals surface area contributed by atoms with Crippen LogP contribution < -0.4 is 10.6 Å². The molecule has 1 fully saturated rings. The molecule has 2 aromatic rings. The quantitative estimate of drug-likeness (QED) is 0.794. The molecule has 9 heteroatoms. The average molecular weight is 377 g/mol. The van der Waals surface area contributed by atoms with Crippen molar-refractivity contribution < 1.29 is 13.2 Å². The van der Waals surface area contributed by atoms with Gasteiger partial charge in [-0.1, -0.05) is 6.07 Å². The smallest absolute Gasteiger partial charge is 0.243 e. The van der Waals surface area contributed by atoms with Crippen LogP contribution >= 0.6 is 0 Å². The van der Waals surface area contributed by atoms with Crippen LogP contribution in [-0.2, 0) is 14.8 Å². The molecule has 0 atom stereocenters. The number of aromatic nitrogens is 2. The molecule has 1 aromatic heterocycles. The molecule has 0 unspecified atom stereocenters. The Bertz CT molecular complexity index is 866. The van der Waals surface area contributed by atoms with Gasteiger partial charge in [0.05, 0.1) is 18.1 Å². The zero-order chi connectivity index (χ0) is 18.6. The molecule has 1 aliphatic rings. The third kappa shape index (κ3) is 4.12. The van der Waals surface area contributed by atoms with Crippen molar-refractivity contribution in [2.75, 3.05) is 43.5 Å². The summed E-state index contributed by atoms with van der Waals surface area (Å²) < 4.78 is 32.3. The predicted octanol–water partition coefficient (Wildman–Crippen LogP) is 1.98. The molecule has 26 heavy (non-hydrogen) atoms. The van der Waals surface area contributed by atoms with Gasteiger partial charge in [0.2, 0.25) is 16.0 Å². The molecule has 3 rings (SSSR count). The highest BCUT2D eigenvalue weighted by Gasteiger charge is 2.26. The molecule has 1 aromatic carbocycles. The van der Waals surface area contributed by atoms with Gasteiger partial charge in [-0.15, -0.1) is 0 Å². The van der Waals surface area contributed by atoms with Gasteiger partial charge in [0, 0.05) is 37.1 Å². The molecule has 2 N–H and O–H groups in total. The molecule has 0 bridgehead atoms. The average Bonchev–Trinajstić information content (AvgIpc) is 2.66. The number of morpholine rings is 1. The van der Waals surface area contributed by atoms with E-state index in [9.17, 15) is 8.42 Å². The Kier molecular flexibility index (Phi) is 5.70. The second-order valence-electron chi connectivity index (χ2n) is 5.92. The lowest BCUT2D eigenvalue weighted by atomic mass is 10.3. The maximum Gasteiger partial charge on any atom is 0.243 e. The monoisotopic (exact) mass is 377 g/mol. The Labute approximate surface area is 153 Å². The fourth-order valence-electron chi connectivity index (χ4n) is 2.62. The van der Waals surface area contributed by atoms with Gasteiger partial charge < -0.3 is 15.4 Å². The molecule has 0 aliphatic carbocycles. The normalized spacial score (nSPS) is 15.6. The summed E-state index contributed by atoms with van der Waals surface area (Å²) in [5.41, 5.74) is 1.52. The molecule has 1 aliphatic heterocycles. The number of aryl methyl sites for hydroxylation is 1. The Hall–Kier alpha value is -2.23. The number of rotatable bonds is 6. The first-order chi connectivity index (χ1) is 12.5. The predicted molar refractivity (Wildman–Crippen MR) is 100 cm³/mol. The largest absolute Gasteiger partial charge is 0.379 e. The number of hydrogen-bond acceptors (Lipinski definition) is 7. The number of sulfonamides is 1. The lowest BCUT2D eigenvalue weighted by Gasteiger charge is -2.26. The topological polar surface area (TPSA) is 96.5 Å². The molecule has 2 heterocycles.